The third-order valence-corrected chi connectivity index (χ3v) is 9.60. The molecular formula is C30H64O7SiZr. The van der Waals surface area contributed by atoms with Crippen molar-refractivity contribution in [2.75, 3.05) is 0 Å². The molecule has 3 saturated carbocycles. The quantitative estimate of drug-likeness (QED) is 0.203. The average Bonchev–Trinajstić information content (AvgIpc) is 2.90. The normalized spacial score (nSPS) is 22.6. The van der Waals surface area contributed by atoms with E-state index in [2.05, 4.69) is 0 Å². The second-order valence-corrected chi connectivity index (χ2v) is 13.2. The van der Waals surface area contributed by atoms with Crippen LogP contribution in [0.2, 0.25) is 0 Å². The van der Waals surface area contributed by atoms with E-state index < -0.39 is 9.05 Å². The fourth-order valence-electron chi connectivity index (χ4n) is 4.34. The molecule has 9 heteroatoms. The Morgan fingerprint density at radius 3 is 0.846 bits per heavy atom. The molecule has 0 saturated heterocycles. The number of hydrogen-bond donors (Lipinski definition) is 4. The minimum atomic E-state index is -3.50. The summed E-state index contributed by atoms with van der Waals surface area (Å²) in [7, 11) is -3.50. The van der Waals surface area contributed by atoms with Crippen molar-refractivity contribution in [3.05, 3.63) is 0 Å². The predicted molar refractivity (Wildman–Crippen MR) is 158 cm³/mol. The minimum absolute atomic E-state index is 0. The largest absolute Gasteiger partial charge is 0.677 e. The molecule has 3 aliphatic carbocycles. The number of rotatable bonds is 9. The summed E-state index contributed by atoms with van der Waals surface area (Å²) in [4.78, 5) is 10.4. The van der Waals surface area contributed by atoms with Crippen molar-refractivity contribution in [3.63, 3.8) is 0 Å². The van der Waals surface area contributed by atoms with Gasteiger partial charge >= 0.3 is 9.05 Å². The number of aliphatic hydroxyl groups excluding tert-OH is 3. The van der Waals surface area contributed by atoms with Gasteiger partial charge in [0, 0.05) is 44.5 Å². The topological polar surface area (TPSA) is 109 Å². The number of hydrogen-bond acceptors (Lipinski definition) is 7. The third-order valence-electron chi connectivity index (χ3n) is 7.50. The Labute approximate surface area is 261 Å². The second-order valence-electron chi connectivity index (χ2n) is 11.4. The molecule has 0 aromatic rings. The van der Waals surface area contributed by atoms with Crippen LogP contribution in [0.25, 0.3) is 0 Å². The average molecular weight is 656 g/mol. The summed E-state index contributed by atoms with van der Waals surface area (Å²) in [5.74, 6) is 0. The smallest absolute Gasteiger partial charge is 0.393 e. The van der Waals surface area contributed by atoms with E-state index in [1.807, 2.05) is 41.5 Å². The van der Waals surface area contributed by atoms with Crippen molar-refractivity contribution >= 4 is 9.05 Å². The summed E-state index contributed by atoms with van der Waals surface area (Å²) >= 11 is 0. The fourth-order valence-corrected chi connectivity index (χ4v) is 6.53. The van der Waals surface area contributed by atoms with Gasteiger partial charge in [0.1, 0.15) is 0 Å². The van der Waals surface area contributed by atoms with Gasteiger partial charge in [0.05, 0.1) is 18.3 Å². The summed E-state index contributed by atoms with van der Waals surface area (Å²) in [6.45, 7) is 11.8. The summed E-state index contributed by atoms with van der Waals surface area (Å²) in [5.41, 5.74) is 0. The zero-order valence-electron chi connectivity index (χ0n) is 26.2. The molecule has 3 unspecified atom stereocenters. The van der Waals surface area contributed by atoms with Crippen molar-refractivity contribution < 1.29 is 59.6 Å². The SMILES string of the molecule is CCC(C)O[Si](O)(OC(C)CC)OC(C)CC.OC1CCCCC1.OC1CCCCC1.OC1CCCCC1.[Zr]. The van der Waals surface area contributed by atoms with Gasteiger partial charge in [0.25, 0.3) is 0 Å². The van der Waals surface area contributed by atoms with E-state index >= 15 is 0 Å². The van der Waals surface area contributed by atoms with Crippen LogP contribution in [-0.2, 0) is 39.5 Å². The Hall–Kier alpha value is 0.820. The molecular weight excluding hydrogens is 592 g/mol. The molecule has 3 atom stereocenters. The van der Waals surface area contributed by atoms with Gasteiger partial charge in [0.15, 0.2) is 0 Å². The molecule has 0 aromatic heterocycles. The summed E-state index contributed by atoms with van der Waals surface area (Å²) in [5, 5.41) is 26.7. The molecule has 7 nitrogen and oxygen atoms in total. The van der Waals surface area contributed by atoms with Crippen LogP contribution in [0.3, 0.4) is 0 Å². The van der Waals surface area contributed by atoms with Crippen molar-refractivity contribution in [2.24, 2.45) is 0 Å². The van der Waals surface area contributed by atoms with E-state index in [1.54, 1.807) is 0 Å². The van der Waals surface area contributed by atoms with Crippen LogP contribution < -0.4 is 0 Å². The molecule has 0 aromatic carbocycles. The maximum Gasteiger partial charge on any atom is 0.677 e. The van der Waals surface area contributed by atoms with Gasteiger partial charge < -0.3 is 33.4 Å². The first kappa shape index (κ1) is 42.0. The molecule has 39 heavy (non-hydrogen) atoms. The van der Waals surface area contributed by atoms with Crippen molar-refractivity contribution in [1.82, 2.24) is 0 Å². The summed E-state index contributed by atoms with van der Waals surface area (Å²) < 4.78 is 16.7. The molecule has 3 rings (SSSR count). The third kappa shape index (κ3) is 25.1. The Balaban J connectivity index is 0. The van der Waals surface area contributed by atoms with E-state index in [9.17, 15) is 4.80 Å². The van der Waals surface area contributed by atoms with Crippen LogP contribution in [0.5, 0.6) is 0 Å². The molecule has 234 valence electrons. The molecule has 0 radical (unpaired) electrons. The Morgan fingerprint density at radius 2 is 0.718 bits per heavy atom. The molecule has 3 fully saturated rings. The fraction of sp³-hybridized carbons (Fsp3) is 1.00. The zero-order chi connectivity index (χ0) is 28.8. The van der Waals surface area contributed by atoms with Gasteiger partial charge in [-0.2, -0.15) is 0 Å². The van der Waals surface area contributed by atoms with Crippen LogP contribution >= 0.6 is 0 Å². The van der Waals surface area contributed by atoms with E-state index in [0.29, 0.717) is 0 Å². The molecule has 0 spiro atoms. The Morgan fingerprint density at radius 1 is 0.513 bits per heavy atom. The standard InChI is InChI=1S/C12H28O4Si.3C6H12O.Zr/c1-7-10(4)14-17(13,15-11(5)8-2)16-12(6)9-3;3*7-6-4-2-1-3-5-6;/h10-13H,7-9H2,1-6H3;3*6-7H,1-5H2;. The molecule has 0 bridgehead atoms. The van der Waals surface area contributed by atoms with Gasteiger partial charge in [-0.25, -0.2) is 0 Å². The van der Waals surface area contributed by atoms with Crippen LogP contribution in [0.1, 0.15) is 157 Å². The maximum absolute atomic E-state index is 10.4. The maximum atomic E-state index is 10.4. The van der Waals surface area contributed by atoms with Gasteiger partial charge in [-0.05, 0) is 78.6 Å². The van der Waals surface area contributed by atoms with E-state index in [0.717, 1.165) is 57.8 Å². The first-order valence-electron chi connectivity index (χ1n) is 15.8. The first-order chi connectivity index (χ1) is 18.0. The summed E-state index contributed by atoms with van der Waals surface area (Å²) in [6.07, 6.45) is 20.1. The van der Waals surface area contributed by atoms with Crippen LogP contribution in [0.4, 0.5) is 0 Å². The molecule has 0 heterocycles. The Kier molecular flexibility index (Phi) is 28.5. The van der Waals surface area contributed by atoms with E-state index in [1.165, 1.54) is 57.8 Å². The van der Waals surface area contributed by atoms with Gasteiger partial charge in [-0.3, -0.25) is 0 Å². The van der Waals surface area contributed by atoms with Gasteiger partial charge in [-0.15, -0.1) is 0 Å². The predicted octanol–water partition coefficient (Wildman–Crippen LogP) is 6.79. The number of aliphatic hydroxyl groups is 3. The van der Waals surface area contributed by atoms with E-state index in [-0.39, 0.29) is 62.8 Å². The van der Waals surface area contributed by atoms with Crippen molar-refractivity contribution in [1.29, 1.82) is 0 Å². The first-order valence-corrected chi connectivity index (χ1v) is 17.5. The molecule has 0 amide bonds. The van der Waals surface area contributed by atoms with Crippen LogP contribution in [0, 0.1) is 0 Å². The van der Waals surface area contributed by atoms with Crippen molar-refractivity contribution in [2.45, 2.75) is 194 Å². The minimum Gasteiger partial charge on any atom is -0.393 e. The molecule has 3 aliphatic rings. The van der Waals surface area contributed by atoms with Gasteiger partial charge in [-0.1, -0.05) is 78.6 Å². The van der Waals surface area contributed by atoms with Crippen LogP contribution in [-0.4, -0.2) is 65.8 Å². The second kappa shape index (κ2) is 26.4. The Bertz CT molecular complexity index is 444. The molecule has 0 aliphatic heterocycles. The molecule has 4 N–H and O–H groups in total. The van der Waals surface area contributed by atoms with Gasteiger partial charge in [0.2, 0.25) is 0 Å². The zero-order valence-corrected chi connectivity index (χ0v) is 29.7. The van der Waals surface area contributed by atoms with Crippen LogP contribution in [0.15, 0.2) is 0 Å². The monoisotopic (exact) mass is 654 g/mol. The van der Waals surface area contributed by atoms with E-state index in [4.69, 9.17) is 28.6 Å². The van der Waals surface area contributed by atoms with Crippen molar-refractivity contribution in [3.8, 4) is 0 Å². The summed E-state index contributed by atoms with van der Waals surface area (Å²) in [6, 6.07) is 0.